The minimum absolute atomic E-state index is 0.0325. The van der Waals surface area contributed by atoms with Crippen molar-refractivity contribution >= 4 is 27.5 Å². The molecule has 1 aromatic carbocycles. The van der Waals surface area contributed by atoms with Crippen molar-refractivity contribution in [1.29, 1.82) is 0 Å². The normalized spacial score (nSPS) is 24.8. The summed E-state index contributed by atoms with van der Waals surface area (Å²) in [5, 5.41) is 1.04. The summed E-state index contributed by atoms with van der Waals surface area (Å²) in [5.41, 5.74) is -0.507. The van der Waals surface area contributed by atoms with Crippen LogP contribution in [0.2, 0.25) is 0 Å². The molecular formula is C17H19NO4S. The first kappa shape index (κ1) is 15.9. The lowest BCUT2D eigenvalue weighted by atomic mass is 10.1. The van der Waals surface area contributed by atoms with E-state index in [1.165, 1.54) is 0 Å². The van der Waals surface area contributed by atoms with Crippen LogP contribution in [0.5, 0.6) is 0 Å². The molecule has 1 aliphatic heterocycles. The van der Waals surface area contributed by atoms with Crippen LogP contribution in [-0.2, 0) is 10.8 Å². The van der Waals surface area contributed by atoms with E-state index in [0.29, 0.717) is 23.9 Å². The van der Waals surface area contributed by atoms with Crippen LogP contribution in [0.25, 0.3) is 10.8 Å². The summed E-state index contributed by atoms with van der Waals surface area (Å²) in [6, 6.07) is 8.64. The third kappa shape index (κ3) is 2.95. The fraction of sp³-hybridized carbons (Fsp3) is 0.412. The molecule has 2 heterocycles. The third-order valence-electron chi connectivity index (χ3n) is 4.25. The van der Waals surface area contributed by atoms with Gasteiger partial charge in [0.2, 0.25) is 0 Å². The molecule has 0 radical (unpaired) electrons. The number of nitrogens with zero attached hydrogens (tertiary/aromatic N) is 1. The summed E-state index contributed by atoms with van der Waals surface area (Å²) < 4.78 is 17.4. The molecule has 3 unspecified atom stereocenters. The van der Waals surface area contributed by atoms with E-state index in [-0.39, 0.29) is 22.2 Å². The summed E-state index contributed by atoms with van der Waals surface area (Å²) in [4.78, 5) is 26.4. The van der Waals surface area contributed by atoms with Crippen molar-refractivity contribution in [3.63, 3.8) is 0 Å². The van der Waals surface area contributed by atoms with Crippen LogP contribution < -0.4 is 5.63 Å². The van der Waals surface area contributed by atoms with Crippen molar-refractivity contribution in [2.75, 3.05) is 13.1 Å². The van der Waals surface area contributed by atoms with Gasteiger partial charge in [-0.3, -0.25) is 9.00 Å². The van der Waals surface area contributed by atoms with Gasteiger partial charge in [-0.2, -0.15) is 0 Å². The first-order chi connectivity index (χ1) is 11.0. The lowest BCUT2D eigenvalue weighted by Crippen LogP contribution is -2.50. The molecule has 2 aromatic rings. The van der Waals surface area contributed by atoms with E-state index in [4.69, 9.17) is 4.42 Å². The Bertz CT molecular complexity index is 829. The fourth-order valence-electron chi connectivity index (χ4n) is 2.96. The summed E-state index contributed by atoms with van der Waals surface area (Å²) in [7, 11) is -0.929. The second-order valence-electron chi connectivity index (χ2n) is 5.86. The zero-order valence-electron chi connectivity index (χ0n) is 13.2. The fourth-order valence-corrected chi connectivity index (χ4v) is 4.60. The van der Waals surface area contributed by atoms with E-state index in [1.54, 1.807) is 29.2 Å². The van der Waals surface area contributed by atoms with Crippen molar-refractivity contribution in [3.05, 3.63) is 46.5 Å². The van der Waals surface area contributed by atoms with Gasteiger partial charge in [-0.05, 0) is 30.9 Å². The number of fused-ring (bicyclic) bond motifs is 1. The molecule has 23 heavy (non-hydrogen) atoms. The maximum absolute atomic E-state index is 12.7. The quantitative estimate of drug-likeness (QED) is 0.845. The van der Waals surface area contributed by atoms with Gasteiger partial charge in [-0.15, -0.1) is 0 Å². The Labute approximate surface area is 136 Å². The Balaban J connectivity index is 1.94. The van der Waals surface area contributed by atoms with Crippen LogP contribution in [0, 0.1) is 0 Å². The monoisotopic (exact) mass is 333 g/mol. The largest absolute Gasteiger partial charge is 0.417 e. The topological polar surface area (TPSA) is 67.6 Å². The lowest BCUT2D eigenvalue weighted by Gasteiger charge is -2.35. The van der Waals surface area contributed by atoms with Crippen molar-refractivity contribution in [3.8, 4) is 0 Å². The third-order valence-corrected chi connectivity index (χ3v) is 6.33. The molecule has 5 nitrogen and oxygen atoms in total. The van der Waals surface area contributed by atoms with Crippen LogP contribution >= 0.6 is 0 Å². The Morgan fingerprint density at radius 2 is 2.09 bits per heavy atom. The van der Waals surface area contributed by atoms with Gasteiger partial charge in [0.05, 0.1) is 10.6 Å². The van der Waals surface area contributed by atoms with E-state index in [2.05, 4.69) is 0 Å². The Morgan fingerprint density at radius 3 is 2.83 bits per heavy atom. The summed E-state index contributed by atoms with van der Waals surface area (Å²) in [6.45, 7) is 4.70. The molecule has 122 valence electrons. The molecule has 0 spiro atoms. The molecule has 1 aromatic heterocycles. The maximum atomic E-state index is 12.7. The van der Waals surface area contributed by atoms with Gasteiger partial charge in [0.25, 0.3) is 5.91 Å². The Kier molecular flexibility index (Phi) is 4.35. The van der Waals surface area contributed by atoms with E-state index >= 15 is 0 Å². The Morgan fingerprint density at radius 1 is 1.35 bits per heavy atom. The molecule has 0 saturated carbocycles. The number of benzene rings is 1. The maximum Gasteiger partial charge on any atom is 0.344 e. The van der Waals surface area contributed by atoms with E-state index in [0.717, 1.165) is 6.42 Å². The number of rotatable bonds is 2. The van der Waals surface area contributed by atoms with E-state index < -0.39 is 16.4 Å². The molecule has 3 rings (SSSR count). The van der Waals surface area contributed by atoms with Gasteiger partial charge >= 0.3 is 5.63 Å². The first-order valence-electron chi connectivity index (χ1n) is 7.72. The molecule has 0 bridgehead atoms. The van der Waals surface area contributed by atoms with Gasteiger partial charge in [0, 0.05) is 29.1 Å². The average molecular weight is 333 g/mol. The minimum Gasteiger partial charge on any atom is -0.417 e. The molecule has 3 atom stereocenters. The molecular weight excluding hydrogens is 314 g/mol. The van der Waals surface area contributed by atoms with Gasteiger partial charge in [0.15, 0.2) is 5.76 Å². The highest BCUT2D eigenvalue weighted by Gasteiger charge is 2.34. The number of hydrogen-bond acceptors (Lipinski definition) is 4. The number of carbonyl (C=O) groups is 1. The van der Waals surface area contributed by atoms with Crippen molar-refractivity contribution < 1.29 is 13.4 Å². The second kappa shape index (κ2) is 6.28. The Hall–Kier alpha value is -1.95. The van der Waals surface area contributed by atoms with Crippen molar-refractivity contribution in [2.45, 2.75) is 30.8 Å². The number of amides is 1. The predicted octanol–water partition coefficient (Wildman–Crippen LogP) is 2.16. The van der Waals surface area contributed by atoms with Gasteiger partial charge in [-0.25, -0.2) is 4.79 Å². The highest BCUT2D eigenvalue weighted by molar-refractivity contribution is 7.86. The molecule has 6 heteroatoms. The molecule has 1 fully saturated rings. The highest BCUT2D eigenvalue weighted by Crippen LogP contribution is 2.20. The van der Waals surface area contributed by atoms with E-state index in [1.807, 2.05) is 19.9 Å². The zero-order chi connectivity index (χ0) is 16.6. The summed E-state index contributed by atoms with van der Waals surface area (Å²) in [6.07, 6.45) is 0.752. The van der Waals surface area contributed by atoms with E-state index in [9.17, 15) is 13.8 Å². The molecule has 0 aliphatic carbocycles. The van der Waals surface area contributed by atoms with Crippen LogP contribution in [0.4, 0.5) is 0 Å². The highest BCUT2D eigenvalue weighted by atomic mass is 32.2. The first-order valence-corrected chi connectivity index (χ1v) is 9.00. The molecule has 1 saturated heterocycles. The van der Waals surface area contributed by atoms with Crippen LogP contribution in [0.3, 0.4) is 0 Å². The van der Waals surface area contributed by atoms with Crippen LogP contribution in [-0.4, -0.2) is 38.6 Å². The summed E-state index contributed by atoms with van der Waals surface area (Å²) >= 11 is 0. The second-order valence-corrected chi connectivity index (χ2v) is 7.99. The smallest absolute Gasteiger partial charge is 0.344 e. The number of hydrogen-bond donors (Lipinski definition) is 0. The SMILES string of the molecule is CCC1CN(C(=O)c2cc3ccccc3c(=O)o2)CC(C)S1=O. The van der Waals surface area contributed by atoms with Crippen LogP contribution in [0.15, 0.2) is 39.5 Å². The van der Waals surface area contributed by atoms with Gasteiger partial charge in [-0.1, -0.05) is 25.1 Å². The minimum atomic E-state index is -0.929. The molecule has 1 aliphatic rings. The average Bonchev–Trinajstić information content (AvgIpc) is 2.56. The van der Waals surface area contributed by atoms with Crippen molar-refractivity contribution in [1.82, 2.24) is 4.90 Å². The van der Waals surface area contributed by atoms with Gasteiger partial charge < -0.3 is 9.32 Å². The van der Waals surface area contributed by atoms with Gasteiger partial charge in [0.1, 0.15) is 0 Å². The molecule has 0 N–H and O–H groups in total. The predicted molar refractivity (Wildman–Crippen MR) is 90.1 cm³/mol. The zero-order valence-corrected chi connectivity index (χ0v) is 14.0. The summed E-state index contributed by atoms with van der Waals surface area (Å²) in [5.74, 6) is -0.265. The van der Waals surface area contributed by atoms with Crippen LogP contribution in [0.1, 0.15) is 30.8 Å². The standard InChI is InChI=1S/C17H19NO4S/c1-3-13-10-18(9-11(2)23(13)21)16(19)15-8-12-6-4-5-7-14(12)17(20)22-15/h4-8,11,13H,3,9-10H2,1-2H3. The van der Waals surface area contributed by atoms with Crippen molar-refractivity contribution in [2.24, 2.45) is 0 Å². The number of carbonyl (C=O) groups excluding carboxylic acids is 1. The lowest BCUT2D eigenvalue weighted by molar-refractivity contribution is 0.0712. The molecule has 1 amide bonds.